The quantitative estimate of drug-likeness (QED) is 0.818. The number of fused-ring (bicyclic) bond motifs is 1. The zero-order valence-corrected chi connectivity index (χ0v) is 10.5. The van der Waals surface area contributed by atoms with Crippen molar-refractivity contribution in [3.63, 3.8) is 0 Å². The fourth-order valence-electron chi connectivity index (χ4n) is 2.54. The Bertz CT molecular complexity index is 398. The fourth-order valence-corrected chi connectivity index (χ4v) is 2.54. The molecule has 0 aliphatic heterocycles. The van der Waals surface area contributed by atoms with Gasteiger partial charge < -0.3 is 5.73 Å². The first kappa shape index (κ1) is 12.3. The minimum absolute atomic E-state index is 0.215. The van der Waals surface area contributed by atoms with Gasteiger partial charge in [0.15, 0.2) is 0 Å². The number of hydrogen-bond acceptors (Lipinski definition) is 2. The lowest BCUT2D eigenvalue weighted by Crippen LogP contribution is -2.20. The Hall–Kier alpha value is -1.15. The van der Waals surface area contributed by atoms with Gasteiger partial charge in [0, 0.05) is 18.9 Å². The van der Waals surface area contributed by atoms with Gasteiger partial charge in [-0.1, -0.05) is 24.3 Å². The number of benzene rings is 1. The van der Waals surface area contributed by atoms with Crippen molar-refractivity contribution in [3.8, 4) is 0 Å². The summed E-state index contributed by atoms with van der Waals surface area (Å²) in [4.78, 5) is 11.8. The zero-order chi connectivity index (χ0) is 12.3. The van der Waals surface area contributed by atoms with Gasteiger partial charge in [-0.25, -0.2) is 0 Å². The predicted molar refractivity (Wildman–Crippen MR) is 70.0 cm³/mol. The second-order valence-electron chi connectivity index (χ2n) is 5.21. The Balaban J connectivity index is 1.75. The molecule has 1 aliphatic rings. The molecule has 17 heavy (non-hydrogen) atoms. The monoisotopic (exact) mass is 231 g/mol. The van der Waals surface area contributed by atoms with Crippen molar-refractivity contribution in [2.45, 2.75) is 51.0 Å². The molecule has 0 bridgehead atoms. The summed E-state index contributed by atoms with van der Waals surface area (Å²) in [5.41, 5.74) is 8.47. The van der Waals surface area contributed by atoms with Crippen molar-refractivity contribution in [3.05, 3.63) is 35.4 Å². The molecule has 2 nitrogen and oxygen atoms in total. The van der Waals surface area contributed by atoms with E-state index < -0.39 is 0 Å². The van der Waals surface area contributed by atoms with Gasteiger partial charge in [0.05, 0.1) is 0 Å². The van der Waals surface area contributed by atoms with Gasteiger partial charge in [-0.2, -0.15) is 0 Å². The zero-order valence-electron chi connectivity index (χ0n) is 10.5. The summed E-state index contributed by atoms with van der Waals surface area (Å²) in [6.45, 7) is 1.99. The summed E-state index contributed by atoms with van der Waals surface area (Å²) >= 11 is 0. The minimum Gasteiger partial charge on any atom is -0.328 e. The van der Waals surface area contributed by atoms with E-state index in [1.54, 1.807) is 0 Å². The lowest BCUT2D eigenvalue weighted by Gasteiger charge is -2.29. The SMILES string of the molecule is CC(N)CCCC(=O)CC1Cc2ccccc21. The number of carbonyl (C=O) groups excluding carboxylic acids is 1. The number of hydrogen-bond donors (Lipinski definition) is 1. The van der Waals surface area contributed by atoms with Gasteiger partial charge in [-0.05, 0) is 43.2 Å². The average molecular weight is 231 g/mol. The maximum atomic E-state index is 11.8. The van der Waals surface area contributed by atoms with Crippen LogP contribution >= 0.6 is 0 Å². The maximum absolute atomic E-state index is 11.8. The summed E-state index contributed by atoms with van der Waals surface area (Å²) in [6.07, 6.45) is 4.38. The molecule has 2 atom stereocenters. The third kappa shape index (κ3) is 3.16. The van der Waals surface area contributed by atoms with E-state index in [0.717, 1.165) is 25.7 Å². The molecule has 1 aliphatic carbocycles. The van der Waals surface area contributed by atoms with Crippen LogP contribution in [-0.4, -0.2) is 11.8 Å². The molecular formula is C15H21NO. The Kier molecular flexibility index (Phi) is 3.95. The highest BCUT2D eigenvalue weighted by molar-refractivity contribution is 5.79. The van der Waals surface area contributed by atoms with E-state index in [0.29, 0.717) is 18.1 Å². The molecule has 0 heterocycles. The van der Waals surface area contributed by atoms with Crippen LogP contribution < -0.4 is 5.73 Å². The number of nitrogens with two attached hydrogens (primary N) is 1. The summed E-state index contributed by atoms with van der Waals surface area (Å²) in [5.74, 6) is 0.874. The van der Waals surface area contributed by atoms with Crippen LogP contribution in [0.5, 0.6) is 0 Å². The molecule has 2 N–H and O–H groups in total. The molecule has 1 aromatic carbocycles. The molecular weight excluding hydrogens is 210 g/mol. The molecule has 1 aromatic rings. The van der Waals surface area contributed by atoms with E-state index >= 15 is 0 Å². The fraction of sp³-hybridized carbons (Fsp3) is 0.533. The highest BCUT2D eigenvalue weighted by atomic mass is 16.1. The highest BCUT2D eigenvalue weighted by Crippen LogP contribution is 2.37. The largest absolute Gasteiger partial charge is 0.328 e. The summed E-state index contributed by atoms with van der Waals surface area (Å²) in [5, 5.41) is 0. The predicted octanol–water partition coefficient (Wildman–Crippen LogP) is 2.80. The Morgan fingerprint density at radius 1 is 1.47 bits per heavy atom. The van der Waals surface area contributed by atoms with Gasteiger partial charge in [0.25, 0.3) is 0 Å². The maximum Gasteiger partial charge on any atom is 0.133 e. The third-order valence-electron chi connectivity index (χ3n) is 3.55. The molecule has 2 heteroatoms. The molecule has 0 saturated carbocycles. The van der Waals surface area contributed by atoms with Crippen molar-refractivity contribution in [1.29, 1.82) is 0 Å². The topological polar surface area (TPSA) is 43.1 Å². The Morgan fingerprint density at radius 2 is 2.24 bits per heavy atom. The lowest BCUT2D eigenvalue weighted by molar-refractivity contribution is -0.119. The molecule has 2 unspecified atom stereocenters. The molecule has 0 spiro atoms. The third-order valence-corrected chi connectivity index (χ3v) is 3.55. The van der Waals surface area contributed by atoms with Crippen molar-refractivity contribution < 1.29 is 4.79 Å². The van der Waals surface area contributed by atoms with Crippen LogP contribution in [-0.2, 0) is 11.2 Å². The highest BCUT2D eigenvalue weighted by Gasteiger charge is 2.26. The van der Waals surface area contributed by atoms with Crippen LogP contribution in [0.15, 0.2) is 24.3 Å². The van der Waals surface area contributed by atoms with Crippen molar-refractivity contribution >= 4 is 5.78 Å². The summed E-state index contributed by atoms with van der Waals surface area (Å²) in [7, 11) is 0. The van der Waals surface area contributed by atoms with Gasteiger partial charge in [0.1, 0.15) is 5.78 Å². The van der Waals surface area contributed by atoms with Crippen LogP contribution in [0.1, 0.15) is 49.7 Å². The van der Waals surface area contributed by atoms with Crippen molar-refractivity contribution in [2.75, 3.05) is 0 Å². The Labute approximate surface area is 103 Å². The van der Waals surface area contributed by atoms with Gasteiger partial charge in [-0.15, -0.1) is 0 Å². The normalized spacial score (nSPS) is 19.3. The molecule has 92 valence electrons. The standard InChI is InChI=1S/C15H21NO/c1-11(16)5-4-7-14(17)10-13-9-12-6-2-3-8-15(12)13/h2-3,6,8,11,13H,4-5,7,9-10,16H2,1H3. The van der Waals surface area contributed by atoms with Gasteiger partial charge in [-0.3, -0.25) is 4.79 Å². The van der Waals surface area contributed by atoms with E-state index in [-0.39, 0.29) is 6.04 Å². The molecule has 0 saturated heterocycles. The van der Waals surface area contributed by atoms with Crippen molar-refractivity contribution in [2.24, 2.45) is 5.73 Å². The van der Waals surface area contributed by atoms with E-state index in [2.05, 4.69) is 24.3 Å². The van der Waals surface area contributed by atoms with E-state index in [1.807, 2.05) is 6.92 Å². The molecule has 0 fully saturated rings. The minimum atomic E-state index is 0.215. The molecule has 0 aromatic heterocycles. The first-order valence-corrected chi connectivity index (χ1v) is 6.52. The summed E-state index contributed by atoms with van der Waals surface area (Å²) in [6, 6.07) is 8.66. The van der Waals surface area contributed by atoms with Gasteiger partial charge in [0.2, 0.25) is 0 Å². The smallest absolute Gasteiger partial charge is 0.133 e. The number of Topliss-reactive ketones (excluding diaryl/α,β-unsaturated/α-hetero) is 1. The molecule has 0 radical (unpaired) electrons. The van der Waals surface area contributed by atoms with Crippen LogP contribution in [0.25, 0.3) is 0 Å². The first-order chi connectivity index (χ1) is 8.16. The number of ketones is 1. The van der Waals surface area contributed by atoms with Crippen LogP contribution in [0, 0.1) is 0 Å². The van der Waals surface area contributed by atoms with E-state index in [1.165, 1.54) is 11.1 Å². The number of carbonyl (C=O) groups is 1. The van der Waals surface area contributed by atoms with Crippen LogP contribution in [0.3, 0.4) is 0 Å². The molecule has 2 rings (SSSR count). The second-order valence-corrected chi connectivity index (χ2v) is 5.21. The molecule has 0 amide bonds. The second kappa shape index (κ2) is 5.46. The first-order valence-electron chi connectivity index (χ1n) is 6.52. The van der Waals surface area contributed by atoms with E-state index in [9.17, 15) is 4.79 Å². The van der Waals surface area contributed by atoms with Crippen LogP contribution in [0.2, 0.25) is 0 Å². The van der Waals surface area contributed by atoms with Crippen molar-refractivity contribution in [1.82, 2.24) is 0 Å². The Morgan fingerprint density at radius 3 is 2.94 bits per heavy atom. The number of rotatable bonds is 6. The van der Waals surface area contributed by atoms with Gasteiger partial charge >= 0.3 is 0 Å². The average Bonchev–Trinajstić information content (AvgIpc) is 2.25. The van der Waals surface area contributed by atoms with E-state index in [4.69, 9.17) is 5.73 Å². The lowest BCUT2D eigenvalue weighted by atomic mass is 9.75. The summed E-state index contributed by atoms with van der Waals surface area (Å²) < 4.78 is 0. The van der Waals surface area contributed by atoms with Crippen LogP contribution in [0.4, 0.5) is 0 Å².